The molecule has 2 rings (SSSR count). The molecule has 15 heavy (non-hydrogen) atoms. The van der Waals surface area contributed by atoms with Crippen LogP contribution in [0.4, 0.5) is 4.39 Å². The summed E-state index contributed by atoms with van der Waals surface area (Å²) < 4.78 is 16.9. The third-order valence-electron chi connectivity index (χ3n) is 1.67. The number of aromatic nitrogens is 2. The van der Waals surface area contributed by atoms with Crippen LogP contribution in [0, 0.1) is 5.82 Å². The second-order valence-electron chi connectivity index (χ2n) is 2.78. The van der Waals surface area contributed by atoms with Gasteiger partial charge in [-0.05, 0) is 24.3 Å². The van der Waals surface area contributed by atoms with Gasteiger partial charge in [-0.25, -0.2) is 9.18 Å². The van der Waals surface area contributed by atoms with E-state index in [4.69, 9.17) is 0 Å². The molecule has 0 radical (unpaired) electrons. The minimum absolute atomic E-state index is 0.269. The monoisotopic (exact) mass is 226 g/mol. The van der Waals surface area contributed by atoms with E-state index in [9.17, 15) is 9.18 Å². The summed E-state index contributed by atoms with van der Waals surface area (Å²) in [5, 5.41) is 3.51. The van der Waals surface area contributed by atoms with Crippen LogP contribution in [0.2, 0.25) is 0 Å². The van der Waals surface area contributed by atoms with E-state index >= 15 is 0 Å². The lowest BCUT2D eigenvalue weighted by molar-refractivity contribution is 0.383. The molecular weight excluding hydrogens is 219 g/mol. The number of hydrogen-bond acceptors (Lipinski definition) is 4. The standard InChI is InChI=1S/C9H7FN2O2S/c10-6-1-3-7(4-2-6)15-5-8-11-9(13)14-12-8/h1-4H,5H2,(H,11,12,13). The molecule has 1 aromatic heterocycles. The van der Waals surface area contributed by atoms with Crippen molar-refractivity contribution in [3.05, 3.63) is 46.5 Å². The molecule has 0 aliphatic carbocycles. The molecule has 1 N–H and O–H groups in total. The van der Waals surface area contributed by atoms with Crippen LogP contribution in [0.5, 0.6) is 0 Å². The Labute approximate surface area is 88.5 Å². The molecule has 0 aliphatic heterocycles. The summed E-state index contributed by atoms with van der Waals surface area (Å²) in [6, 6.07) is 6.10. The Morgan fingerprint density at radius 3 is 2.73 bits per heavy atom. The van der Waals surface area contributed by atoms with Crippen LogP contribution >= 0.6 is 11.8 Å². The Balaban J connectivity index is 1.99. The zero-order chi connectivity index (χ0) is 10.7. The van der Waals surface area contributed by atoms with Gasteiger partial charge in [-0.2, -0.15) is 0 Å². The highest BCUT2D eigenvalue weighted by atomic mass is 32.2. The first-order valence-electron chi connectivity index (χ1n) is 4.17. The van der Waals surface area contributed by atoms with Crippen molar-refractivity contribution in [2.45, 2.75) is 10.6 Å². The zero-order valence-electron chi connectivity index (χ0n) is 7.57. The molecule has 0 unspecified atom stereocenters. The smallest absolute Gasteiger partial charge is 0.296 e. The Morgan fingerprint density at radius 2 is 2.13 bits per heavy atom. The Morgan fingerprint density at radius 1 is 1.40 bits per heavy atom. The maximum Gasteiger partial charge on any atom is 0.438 e. The van der Waals surface area contributed by atoms with Gasteiger partial charge in [-0.3, -0.25) is 9.51 Å². The highest BCUT2D eigenvalue weighted by Crippen LogP contribution is 2.20. The van der Waals surface area contributed by atoms with Gasteiger partial charge in [0.15, 0.2) is 5.82 Å². The molecule has 0 atom stereocenters. The van der Waals surface area contributed by atoms with E-state index in [2.05, 4.69) is 14.7 Å². The normalized spacial score (nSPS) is 10.5. The number of rotatable bonds is 3. The van der Waals surface area contributed by atoms with Gasteiger partial charge < -0.3 is 0 Å². The Bertz CT molecular complexity index is 491. The molecule has 0 amide bonds. The molecule has 0 aliphatic rings. The maximum absolute atomic E-state index is 12.6. The van der Waals surface area contributed by atoms with Gasteiger partial charge in [0.1, 0.15) is 5.82 Å². The lowest BCUT2D eigenvalue weighted by Gasteiger charge is -1.97. The highest BCUT2D eigenvalue weighted by Gasteiger charge is 2.01. The summed E-state index contributed by atoms with van der Waals surface area (Å²) in [6.45, 7) is 0. The number of benzene rings is 1. The lowest BCUT2D eigenvalue weighted by atomic mass is 10.4. The molecule has 0 saturated carbocycles. The van der Waals surface area contributed by atoms with E-state index in [0.29, 0.717) is 11.6 Å². The number of H-pyrrole nitrogens is 1. The van der Waals surface area contributed by atoms with Crippen LogP contribution in [0.3, 0.4) is 0 Å². The van der Waals surface area contributed by atoms with Gasteiger partial charge in [0, 0.05) is 4.90 Å². The predicted molar refractivity (Wildman–Crippen MR) is 53.1 cm³/mol. The third kappa shape index (κ3) is 2.69. The fourth-order valence-corrected chi connectivity index (χ4v) is 1.76. The number of thioether (sulfide) groups is 1. The van der Waals surface area contributed by atoms with Crippen molar-refractivity contribution < 1.29 is 8.91 Å². The molecule has 0 bridgehead atoms. The van der Waals surface area contributed by atoms with E-state index in [1.165, 1.54) is 23.9 Å². The molecule has 78 valence electrons. The van der Waals surface area contributed by atoms with Crippen molar-refractivity contribution in [3.8, 4) is 0 Å². The van der Waals surface area contributed by atoms with Gasteiger partial charge in [-0.15, -0.1) is 11.8 Å². The SMILES string of the molecule is O=c1[nH]c(CSc2ccc(F)cc2)no1. The van der Waals surface area contributed by atoms with Gasteiger partial charge >= 0.3 is 5.76 Å². The fraction of sp³-hybridized carbons (Fsp3) is 0.111. The highest BCUT2D eigenvalue weighted by molar-refractivity contribution is 7.98. The minimum atomic E-state index is -0.565. The average molecular weight is 226 g/mol. The van der Waals surface area contributed by atoms with Crippen LogP contribution in [0.15, 0.2) is 38.5 Å². The summed E-state index contributed by atoms with van der Waals surface area (Å²) in [4.78, 5) is 13.9. The molecule has 1 aromatic carbocycles. The van der Waals surface area contributed by atoms with Crippen LogP contribution in [0.25, 0.3) is 0 Å². The molecule has 4 nitrogen and oxygen atoms in total. The molecule has 6 heteroatoms. The number of nitrogens with one attached hydrogen (secondary N) is 1. The van der Waals surface area contributed by atoms with Crippen LogP contribution in [0.1, 0.15) is 5.82 Å². The van der Waals surface area contributed by atoms with Crippen molar-refractivity contribution in [1.29, 1.82) is 0 Å². The number of hydrogen-bond donors (Lipinski definition) is 1. The van der Waals surface area contributed by atoms with E-state index in [-0.39, 0.29) is 5.82 Å². The predicted octanol–water partition coefficient (Wildman–Crippen LogP) is 1.79. The second-order valence-corrected chi connectivity index (χ2v) is 3.83. The molecule has 1 heterocycles. The summed E-state index contributed by atoms with van der Waals surface area (Å²) in [5.41, 5.74) is 0. The number of nitrogens with zero attached hydrogens (tertiary/aromatic N) is 1. The van der Waals surface area contributed by atoms with Crippen molar-refractivity contribution in [2.75, 3.05) is 0 Å². The average Bonchev–Trinajstić information content (AvgIpc) is 2.64. The summed E-state index contributed by atoms with van der Waals surface area (Å²) in [6.07, 6.45) is 0. The van der Waals surface area contributed by atoms with E-state index in [1.807, 2.05) is 0 Å². The van der Waals surface area contributed by atoms with E-state index in [0.717, 1.165) is 4.90 Å². The molecular formula is C9H7FN2O2S. The van der Waals surface area contributed by atoms with E-state index < -0.39 is 5.76 Å². The first-order valence-corrected chi connectivity index (χ1v) is 5.16. The topological polar surface area (TPSA) is 58.9 Å². The van der Waals surface area contributed by atoms with Crippen LogP contribution in [-0.2, 0) is 5.75 Å². The van der Waals surface area contributed by atoms with Crippen LogP contribution < -0.4 is 5.76 Å². The summed E-state index contributed by atoms with van der Waals surface area (Å²) in [5.74, 6) is 0.116. The van der Waals surface area contributed by atoms with Crippen molar-refractivity contribution in [3.63, 3.8) is 0 Å². The minimum Gasteiger partial charge on any atom is -0.296 e. The van der Waals surface area contributed by atoms with Gasteiger partial charge in [-0.1, -0.05) is 5.16 Å². The summed E-state index contributed by atoms with van der Waals surface area (Å²) >= 11 is 1.44. The molecule has 0 spiro atoms. The fourth-order valence-electron chi connectivity index (χ4n) is 1.00. The quantitative estimate of drug-likeness (QED) is 0.810. The third-order valence-corrected chi connectivity index (χ3v) is 2.70. The summed E-state index contributed by atoms with van der Waals surface area (Å²) in [7, 11) is 0. The zero-order valence-corrected chi connectivity index (χ0v) is 8.38. The number of aromatic amines is 1. The largest absolute Gasteiger partial charge is 0.438 e. The van der Waals surface area contributed by atoms with Crippen molar-refractivity contribution in [2.24, 2.45) is 0 Å². The first-order chi connectivity index (χ1) is 7.24. The first kappa shape index (κ1) is 9.97. The molecule has 0 saturated heterocycles. The number of halogens is 1. The lowest BCUT2D eigenvalue weighted by Crippen LogP contribution is -1.95. The van der Waals surface area contributed by atoms with Crippen molar-refractivity contribution >= 4 is 11.8 Å². The van der Waals surface area contributed by atoms with Gasteiger partial charge in [0.05, 0.1) is 5.75 Å². The van der Waals surface area contributed by atoms with Crippen molar-refractivity contribution in [1.82, 2.24) is 10.1 Å². The second kappa shape index (κ2) is 4.31. The molecule has 2 aromatic rings. The van der Waals surface area contributed by atoms with E-state index in [1.54, 1.807) is 12.1 Å². The Hall–Kier alpha value is -1.56. The van der Waals surface area contributed by atoms with Gasteiger partial charge in [0.25, 0.3) is 0 Å². The Kier molecular flexibility index (Phi) is 2.86. The van der Waals surface area contributed by atoms with Crippen LogP contribution in [-0.4, -0.2) is 10.1 Å². The molecule has 0 fully saturated rings. The van der Waals surface area contributed by atoms with Gasteiger partial charge in [0.2, 0.25) is 0 Å². The maximum atomic E-state index is 12.6.